The van der Waals surface area contributed by atoms with E-state index < -0.39 is 6.10 Å². The zero-order valence-electron chi connectivity index (χ0n) is 11.9. The average molecular weight is 277 g/mol. The monoisotopic (exact) mass is 277 g/mol. The number of carbonyl (C=O) groups is 2. The van der Waals surface area contributed by atoms with Gasteiger partial charge < -0.3 is 20.3 Å². The summed E-state index contributed by atoms with van der Waals surface area (Å²) in [5, 5.41) is 0. The maximum absolute atomic E-state index is 11.9. The van der Waals surface area contributed by atoms with Gasteiger partial charge in [-0.3, -0.25) is 9.59 Å². The van der Waals surface area contributed by atoms with Crippen LogP contribution < -0.4 is 20.3 Å². The summed E-state index contributed by atoms with van der Waals surface area (Å²) in [5.74, 6) is 0.472. The molecule has 2 rings (SSSR count). The molecule has 2 N–H and O–H groups in total. The minimum Gasteiger partial charge on any atom is -0.479 e. The fraction of sp³-hybridized carbons (Fsp3) is 0.429. The lowest BCUT2D eigenvalue weighted by Gasteiger charge is -2.31. The van der Waals surface area contributed by atoms with Crippen molar-refractivity contribution in [1.29, 1.82) is 0 Å². The van der Waals surface area contributed by atoms with Crippen LogP contribution in [0.25, 0.3) is 0 Å². The fourth-order valence-corrected chi connectivity index (χ4v) is 2.14. The molecule has 0 radical (unpaired) electrons. The maximum Gasteiger partial charge on any atom is 0.267 e. The van der Waals surface area contributed by atoms with E-state index in [1.54, 1.807) is 44.1 Å². The fourth-order valence-electron chi connectivity index (χ4n) is 2.14. The molecule has 0 bridgehead atoms. The van der Waals surface area contributed by atoms with E-state index in [9.17, 15) is 9.59 Å². The summed E-state index contributed by atoms with van der Waals surface area (Å²) in [6.45, 7) is 2.03. The Morgan fingerprint density at radius 1 is 1.50 bits per heavy atom. The highest BCUT2D eigenvalue weighted by molar-refractivity contribution is 6.01. The molecule has 2 amide bonds. The van der Waals surface area contributed by atoms with E-state index in [0.29, 0.717) is 23.7 Å². The summed E-state index contributed by atoms with van der Waals surface area (Å²) >= 11 is 0. The van der Waals surface area contributed by atoms with Crippen molar-refractivity contribution in [1.82, 2.24) is 0 Å². The van der Waals surface area contributed by atoms with Crippen molar-refractivity contribution < 1.29 is 14.3 Å². The molecule has 1 atom stereocenters. The minimum absolute atomic E-state index is 0.0634. The first kappa shape index (κ1) is 14.3. The van der Waals surface area contributed by atoms with Crippen LogP contribution in [0, 0.1) is 0 Å². The lowest BCUT2D eigenvalue weighted by molar-refractivity contribution is -0.125. The molecule has 0 saturated heterocycles. The van der Waals surface area contributed by atoms with Crippen LogP contribution in [0.4, 0.5) is 11.4 Å². The predicted octanol–water partition coefficient (Wildman–Crippen LogP) is 0.742. The number of anilines is 2. The van der Waals surface area contributed by atoms with Crippen LogP contribution in [0.3, 0.4) is 0 Å². The van der Waals surface area contributed by atoms with Crippen molar-refractivity contribution in [2.45, 2.75) is 19.4 Å². The third-order valence-electron chi connectivity index (χ3n) is 3.41. The van der Waals surface area contributed by atoms with Gasteiger partial charge in [0, 0.05) is 32.7 Å². The largest absolute Gasteiger partial charge is 0.479 e. The number of fused-ring (bicyclic) bond motifs is 1. The first-order chi connectivity index (χ1) is 9.45. The number of benzene rings is 1. The van der Waals surface area contributed by atoms with Crippen molar-refractivity contribution in [2.75, 3.05) is 30.4 Å². The Balaban J connectivity index is 2.32. The van der Waals surface area contributed by atoms with Gasteiger partial charge >= 0.3 is 0 Å². The number of likely N-dealkylation sites (N-methyl/N-ethyl adjacent to an activating group) is 1. The molecule has 1 aliphatic rings. The Morgan fingerprint density at radius 2 is 2.20 bits per heavy atom. The van der Waals surface area contributed by atoms with Gasteiger partial charge in [-0.15, -0.1) is 0 Å². The standard InChI is InChI=1S/C14H19N3O3/c1-9-14(19)17(3)11-8-10(4-5-12(11)20-9)16(2)13(18)6-7-15/h4-5,8-9H,6-7,15H2,1-3H3. The molecule has 0 fully saturated rings. The molecule has 20 heavy (non-hydrogen) atoms. The van der Waals surface area contributed by atoms with Gasteiger partial charge in [-0.25, -0.2) is 0 Å². The lowest BCUT2D eigenvalue weighted by Crippen LogP contribution is -2.42. The highest BCUT2D eigenvalue weighted by Gasteiger charge is 2.29. The van der Waals surface area contributed by atoms with Gasteiger partial charge in [-0.2, -0.15) is 0 Å². The predicted molar refractivity (Wildman–Crippen MR) is 77.0 cm³/mol. The number of ether oxygens (including phenoxy) is 1. The second-order valence-electron chi connectivity index (χ2n) is 4.80. The Hall–Kier alpha value is -2.08. The second kappa shape index (κ2) is 5.50. The molecule has 1 heterocycles. The summed E-state index contributed by atoms with van der Waals surface area (Å²) in [4.78, 5) is 26.8. The van der Waals surface area contributed by atoms with E-state index in [-0.39, 0.29) is 18.2 Å². The molecule has 108 valence electrons. The summed E-state index contributed by atoms with van der Waals surface area (Å²) in [6.07, 6.45) is -0.203. The molecular formula is C14H19N3O3. The van der Waals surface area contributed by atoms with Crippen LogP contribution in [0.1, 0.15) is 13.3 Å². The normalized spacial score (nSPS) is 17.5. The van der Waals surface area contributed by atoms with Crippen LogP contribution in [0.5, 0.6) is 5.75 Å². The van der Waals surface area contributed by atoms with Gasteiger partial charge in [0.1, 0.15) is 5.75 Å². The quantitative estimate of drug-likeness (QED) is 0.884. The number of amides is 2. The van der Waals surface area contributed by atoms with Gasteiger partial charge in [-0.05, 0) is 25.1 Å². The molecule has 1 aliphatic heterocycles. The number of carbonyl (C=O) groups excluding carboxylic acids is 2. The van der Waals surface area contributed by atoms with Crippen molar-refractivity contribution in [3.63, 3.8) is 0 Å². The number of nitrogens with two attached hydrogens (primary N) is 1. The molecule has 0 spiro atoms. The van der Waals surface area contributed by atoms with E-state index in [0.717, 1.165) is 0 Å². The highest BCUT2D eigenvalue weighted by atomic mass is 16.5. The number of rotatable bonds is 3. The highest BCUT2D eigenvalue weighted by Crippen LogP contribution is 2.36. The molecule has 1 aromatic carbocycles. The molecule has 0 saturated carbocycles. The van der Waals surface area contributed by atoms with Crippen molar-refractivity contribution in [3.05, 3.63) is 18.2 Å². The first-order valence-electron chi connectivity index (χ1n) is 6.50. The van der Waals surface area contributed by atoms with E-state index >= 15 is 0 Å². The Bertz CT molecular complexity index is 544. The average Bonchev–Trinajstić information content (AvgIpc) is 2.44. The molecule has 1 unspecified atom stereocenters. The Morgan fingerprint density at radius 3 is 2.85 bits per heavy atom. The summed E-state index contributed by atoms with van der Waals surface area (Å²) < 4.78 is 5.54. The van der Waals surface area contributed by atoms with Crippen molar-refractivity contribution in [3.8, 4) is 5.75 Å². The molecule has 1 aromatic rings. The van der Waals surface area contributed by atoms with Gasteiger partial charge in [-0.1, -0.05) is 0 Å². The van der Waals surface area contributed by atoms with Gasteiger partial charge in [0.2, 0.25) is 5.91 Å². The van der Waals surface area contributed by atoms with Gasteiger partial charge in [0.25, 0.3) is 5.91 Å². The SMILES string of the molecule is CC1Oc2ccc(N(C)C(=O)CCN)cc2N(C)C1=O. The van der Waals surface area contributed by atoms with Crippen LogP contribution >= 0.6 is 0 Å². The van der Waals surface area contributed by atoms with Crippen LogP contribution in [0.15, 0.2) is 18.2 Å². The summed E-state index contributed by atoms with van der Waals surface area (Å²) in [6, 6.07) is 5.34. The summed E-state index contributed by atoms with van der Waals surface area (Å²) in [5.41, 5.74) is 6.76. The van der Waals surface area contributed by atoms with E-state index in [1.165, 1.54) is 4.90 Å². The Labute approximate surface area is 118 Å². The Kier molecular flexibility index (Phi) is 3.94. The third kappa shape index (κ3) is 2.46. The molecule has 6 heteroatoms. The van der Waals surface area contributed by atoms with Crippen LogP contribution in [0.2, 0.25) is 0 Å². The van der Waals surface area contributed by atoms with E-state index in [1.807, 2.05) is 0 Å². The lowest BCUT2D eigenvalue weighted by atomic mass is 10.1. The summed E-state index contributed by atoms with van der Waals surface area (Å²) in [7, 11) is 3.39. The number of hydrogen-bond acceptors (Lipinski definition) is 4. The molecule has 0 aliphatic carbocycles. The molecule has 6 nitrogen and oxygen atoms in total. The van der Waals surface area contributed by atoms with E-state index in [4.69, 9.17) is 10.5 Å². The smallest absolute Gasteiger partial charge is 0.267 e. The van der Waals surface area contributed by atoms with Crippen LogP contribution in [-0.4, -0.2) is 38.6 Å². The zero-order chi connectivity index (χ0) is 14.9. The zero-order valence-corrected chi connectivity index (χ0v) is 11.9. The number of nitrogens with zero attached hydrogens (tertiary/aromatic N) is 2. The van der Waals surface area contributed by atoms with Gasteiger partial charge in [0.15, 0.2) is 6.10 Å². The van der Waals surface area contributed by atoms with Crippen molar-refractivity contribution in [2.24, 2.45) is 5.73 Å². The topological polar surface area (TPSA) is 75.9 Å². The minimum atomic E-state index is -0.491. The number of hydrogen-bond donors (Lipinski definition) is 1. The maximum atomic E-state index is 11.9. The van der Waals surface area contributed by atoms with Crippen LogP contribution in [-0.2, 0) is 9.59 Å². The second-order valence-corrected chi connectivity index (χ2v) is 4.80. The van der Waals surface area contributed by atoms with Crippen molar-refractivity contribution >= 4 is 23.2 Å². The molecular weight excluding hydrogens is 258 g/mol. The third-order valence-corrected chi connectivity index (χ3v) is 3.41. The van der Waals surface area contributed by atoms with E-state index in [2.05, 4.69) is 0 Å². The van der Waals surface area contributed by atoms with Gasteiger partial charge in [0.05, 0.1) is 5.69 Å². The first-order valence-corrected chi connectivity index (χ1v) is 6.50. The molecule has 0 aromatic heterocycles.